The second kappa shape index (κ2) is 7.40. The fourth-order valence-corrected chi connectivity index (χ4v) is 3.13. The van der Waals surface area contributed by atoms with Crippen LogP contribution in [-0.2, 0) is 9.59 Å². The van der Waals surface area contributed by atoms with Crippen molar-refractivity contribution in [3.05, 3.63) is 64.8 Å². The summed E-state index contributed by atoms with van der Waals surface area (Å²) in [5.74, 6) is -1.79. The van der Waals surface area contributed by atoms with Gasteiger partial charge in [-0.1, -0.05) is 24.3 Å². The lowest BCUT2D eigenvalue weighted by molar-refractivity contribution is -0.127. The van der Waals surface area contributed by atoms with Crippen molar-refractivity contribution in [2.45, 2.75) is 0 Å². The van der Waals surface area contributed by atoms with Gasteiger partial charge in [0.2, 0.25) is 5.91 Å². The van der Waals surface area contributed by atoms with Crippen molar-refractivity contribution < 1.29 is 23.9 Å². The lowest BCUT2D eigenvalue weighted by atomic mass is 10.2. The highest BCUT2D eigenvalue weighted by molar-refractivity contribution is 8.18. The lowest BCUT2D eigenvalue weighted by Gasteiger charge is -2.12. The number of hydrogen-bond donors (Lipinski definition) is 2. The molecule has 0 radical (unpaired) electrons. The molecule has 132 valence electrons. The van der Waals surface area contributed by atoms with Crippen molar-refractivity contribution >= 4 is 40.6 Å². The van der Waals surface area contributed by atoms with Gasteiger partial charge in [0.1, 0.15) is 18.1 Å². The van der Waals surface area contributed by atoms with Crippen molar-refractivity contribution in [2.24, 2.45) is 0 Å². The van der Waals surface area contributed by atoms with Gasteiger partial charge in [-0.3, -0.25) is 19.3 Å². The predicted octanol–water partition coefficient (Wildman–Crippen LogP) is 3.21. The lowest BCUT2D eigenvalue weighted by Crippen LogP contribution is -2.36. The van der Waals surface area contributed by atoms with Crippen LogP contribution >= 0.6 is 11.8 Å². The number of nitrogens with zero attached hydrogens (tertiary/aromatic N) is 1. The van der Waals surface area contributed by atoms with Gasteiger partial charge >= 0.3 is 0 Å². The van der Waals surface area contributed by atoms with Crippen LogP contribution in [0.25, 0.3) is 6.08 Å². The van der Waals surface area contributed by atoms with E-state index in [0.29, 0.717) is 17.4 Å². The van der Waals surface area contributed by atoms with Crippen LogP contribution in [0.3, 0.4) is 0 Å². The standard InChI is InChI=1S/C18H13FN2O4S/c19-14-7-2-1-4-11(14)8-15-17(24)21(18(25)26-15)10-16(23)20-12-5-3-6-13(22)9-12/h1-9,22H,10H2,(H,20,23). The smallest absolute Gasteiger partial charge is 0.294 e. The molecule has 26 heavy (non-hydrogen) atoms. The molecule has 3 rings (SSSR count). The molecule has 1 aliphatic heterocycles. The number of thioether (sulfide) groups is 1. The monoisotopic (exact) mass is 372 g/mol. The molecule has 0 aromatic heterocycles. The van der Waals surface area contributed by atoms with Gasteiger partial charge in [-0.25, -0.2) is 4.39 Å². The third kappa shape index (κ3) is 3.92. The number of nitrogens with one attached hydrogen (secondary N) is 1. The number of phenolic OH excluding ortho intramolecular Hbond substituents is 1. The molecule has 8 heteroatoms. The summed E-state index contributed by atoms with van der Waals surface area (Å²) in [7, 11) is 0. The summed E-state index contributed by atoms with van der Waals surface area (Å²) in [6, 6.07) is 11.7. The van der Waals surface area contributed by atoms with E-state index < -0.39 is 29.4 Å². The van der Waals surface area contributed by atoms with E-state index in [9.17, 15) is 23.9 Å². The van der Waals surface area contributed by atoms with Gasteiger partial charge < -0.3 is 10.4 Å². The van der Waals surface area contributed by atoms with Crippen LogP contribution in [0.1, 0.15) is 5.56 Å². The molecule has 0 bridgehead atoms. The van der Waals surface area contributed by atoms with E-state index >= 15 is 0 Å². The normalized spacial score (nSPS) is 15.6. The van der Waals surface area contributed by atoms with Crippen LogP contribution in [0.15, 0.2) is 53.4 Å². The Labute approximate surface area is 152 Å². The van der Waals surface area contributed by atoms with E-state index in [1.54, 1.807) is 18.2 Å². The highest BCUT2D eigenvalue weighted by Crippen LogP contribution is 2.32. The Kier molecular flexibility index (Phi) is 5.04. The average Bonchev–Trinajstić information content (AvgIpc) is 2.84. The van der Waals surface area contributed by atoms with Crippen LogP contribution in [0.5, 0.6) is 5.75 Å². The third-order valence-corrected chi connectivity index (χ3v) is 4.40. The van der Waals surface area contributed by atoms with Crippen molar-refractivity contribution in [3.8, 4) is 5.75 Å². The van der Waals surface area contributed by atoms with Crippen molar-refractivity contribution in [1.82, 2.24) is 4.90 Å². The first-order valence-electron chi connectivity index (χ1n) is 7.53. The zero-order valence-corrected chi connectivity index (χ0v) is 14.1. The summed E-state index contributed by atoms with van der Waals surface area (Å²) in [5, 5.41) is 11.3. The SMILES string of the molecule is O=C(CN1C(=O)SC(=Cc2ccccc2F)C1=O)Nc1cccc(O)c1. The summed E-state index contributed by atoms with van der Waals surface area (Å²) in [6.45, 7) is -0.477. The molecule has 0 spiro atoms. The molecule has 1 heterocycles. The number of phenols is 1. The number of hydrogen-bond acceptors (Lipinski definition) is 5. The highest BCUT2D eigenvalue weighted by Gasteiger charge is 2.36. The van der Waals surface area contributed by atoms with Gasteiger partial charge in [0.15, 0.2) is 0 Å². The van der Waals surface area contributed by atoms with Crippen molar-refractivity contribution in [3.63, 3.8) is 0 Å². The van der Waals surface area contributed by atoms with E-state index in [0.717, 1.165) is 4.90 Å². The molecule has 2 N–H and O–H groups in total. The maximum atomic E-state index is 13.7. The Morgan fingerprint density at radius 2 is 1.96 bits per heavy atom. The molecule has 2 aromatic rings. The fraction of sp³-hybridized carbons (Fsp3) is 0.0556. The first-order chi connectivity index (χ1) is 12.4. The number of carbonyl (C=O) groups is 3. The summed E-state index contributed by atoms with van der Waals surface area (Å²) >= 11 is 0.648. The number of rotatable bonds is 4. The van der Waals surface area contributed by atoms with Gasteiger partial charge in [-0.15, -0.1) is 0 Å². The topological polar surface area (TPSA) is 86.7 Å². The molecular weight excluding hydrogens is 359 g/mol. The zero-order valence-electron chi connectivity index (χ0n) is 13.3. The van der Waals surface area contributed by atoms with Crippen LogP contribution in [0, 0.1) is 5.82 Å². The Balaban J connectivity index is 1.71. The van der Waals surface area contributed by atoms with Crippen molar-refractivity contribution in [2.75, 3.05) is 11.9 Å². The molecule has 6 nitrogen and oxygen atoms in total. The second-order valence-corrected chi connectivity index (χ2v) is 6.38. The minimum Gasteiger partial charge on any atom is -0.508 e. The van der Waals surface area contributed by atoms with E-state index in [2.05, 4.69) is 5.32 Å². The Morgan fingerprint density at radius 1 is 1.19 bits per heavy atom. The molecule has 3 amide bonds. The molecule has 2 aromatic carbocycles. The second-order valence-electron chi connectivity index (χ2n) is 5.39. The first-order valence-corrected chi connectivity index (χ1v) is 8.34. The molecule has 0 atom stereocenters. The first kappa shape index (κ1) is 17.7. The largest absolute Gasteiger partial charge is 0.508 e. The zero-order chi connectivity index (χ0) is 18.7. The van der Waals surface area contributed by atoms with Gasteiger partial charge in [0.25, 0.3) is 11.1 Å². The van der Waals surface area contributed by atoms with Crippen LogP contribution in [0.2, 0.25) is 0 Å². The average molecular weight is 372 g/mol. The fourth-order valence-electron chi connectivity index (χ4n) is 2.30. The van der Waals surface area contributed by atoms with Gasteiger partial charge in [0, 0.05) is 17.3 Å². The van der Waals surface area contributed by atoms with Crippen molar-refractivity contribution in [1.29, 1.82) is 0 Å². The number of carbonyl (C=O) groups excluding carboxylic acids is 3. The molecule has 0 saturated carbocycles. The minimum absolute atomic E-state index is 0.0261. The summed E-state index contributed by atoms with van der Waals surface area (Å²) in [6.07, 6.45) is 1.29. The number of halogens is 1. The molecule has 1 fully saturated rings. The Bertz CT molecular complexity index is 929. The molecular formula is C18H13FN2O4S. The molecule has 1 aliphatic rings. The maximum absolute atomic E-state index is 13.7. The van der Waals surface area contributed by atoms with Crippen LogP contribution in [0.4, 0.5) is 14.9 Å². The number of aromatic hydroxyl groups is 1. The van der Waals surface area contributed by atoms with Gasteiger partial charge in [-0.2, -0.15) is 0 Å². The number of amides is 3. The Hall–Kier alpha value is -3.13. The minimum atomic E-state index is -0.658. The predicted molar refractivity (Wildman–Crippen MR) is 95.8 cm³/mol. The van der Waals surface area contributed by atoms with Gasteiger partial charge in [0.05, 0.1) is 4.91 Å². The molecule has 1 saturated heterocycles. The molecule has 0 unspecified atom stereocenters. The van der Waals surface area contributed by atoms with E-state index in [1.807, 2.05) is 0 Å². The quantitative estimate of drug-likeness (QED) is 0.805. The van der Waals surface area contributed by atoms with E-state index in [1.165, 1.54) is 36.4 Å². The number of anilines is 1. The third-order valence-electron chi connectivity index (χ3n) is 3.50. The summed E-state index contributed by atoms with van der Waals surface area (Å²) < 4.78 is 13.7. The molecule has 0 aliphatic carbocycles. The number of benzene rings is 2. The Morgan fingerprint density at radius 3 is 2.69 bits per heavy atom. The van der Waals surface area contributed by atoms with E-state index in [-0.39, 0.29) is 16.2 Å². The van der Waals surface area contributed by atoms with Crippen LogP contribution in [-0.4, -0.2) is 33.6 Å². The summed E-state index contributed by atoms with van der Waals surface area (Å²) in [5.41, 5.74) is 0.520. The highest BCUT2D eigenvalue weighted by atomic mass is 32.2. The van der Waals surface area contributed by atoms with E-state index in [4.69, 9.17) is 0 Å². The summed E-state index contributed by atoms with van der Waals surface area (Å²) in [4.78, 5) is 37.3. The van der Waals surface area contributed by atoms with Gasteiger partial charge in [-0.05, 0) is 36.0 Å². The maximum Gasteiger partial charge on any atom is 0.294 e. The number of imide groups is 1. The van der Waals surface area contributed by atoms with Crippen LogP contribution < -0.4 is 5.32 Å².